The smallest absolute Gasteiger partial charge is 0.268 e. The number of benzene rings is 1. The van der Waals surface area contributed by atoms with E-state index in [0.717, 1.165) is 22.4 Å². The van der Waals surface area contributed by atoms with Gasteiger partial charge in [-0.1, -0.05) is 35.9 Å². The third-order valence-corrected chi connectivity index (χ3v) is 4.92. The van der Waals surface area contributed by atoms with Crippen LogP contribution in [-0.4, -0.2) is 24.6 Å². The van der Waals surface area contributed by atoms with Crippen molar-refractivity contribution in [3.8, 4) is 11.3 Å². The van der Waals surface area contributed by atoms with Crippen molar-refractivity contribution in [2.24, 2.45) is 0 Å². The lowest BCUT2D eigenvalue weighted by Crippen LogP contribution is -2.12. The van der Waals surface area contributed by atoms with E-state index in [2.05, 4.69) is 25.1 Å². The van der Waals surface area contributed by atoms with E-state index < -0.39 is 0 Å². The Kier molecular flexibility index (Phi) is 4.74. The lowest BCUT2D eigenvalue weighted by Gasteiger charge is -2.20. The Morgan fingerprint density at radius 1 is 1.24 bits per heavy atom. The molecule has 0 saturated heterocycles. The first-order valence-corrected chi connectivity index (χ1v) is 9.22. The van der Waals surface area contributed by atoms with Crippen LogP contribution in [0.2, 0.25) is 5.15 Å². The topological polar surface area (TPSA) is 98.4 Å². The van der Waals surface area contributed by atoms with E-state index >= 15 is 0 Å². The molecule has 4 rings (SSSR count). The highest BCUT2D eigenvalue weighted by atomic mass is 35.5. The zero-order chi connectivity index (χ0) is 20.5. The van der Waals surface area contributed by atoms with Gasteiger partial charge in [-0.05, 0) is 25.5 Å². The Balaban J connectivity index is 1.87. The minimum absolute atomic E-state index is 0.137. The minimum Gasteiger partial charge on any atom is -0.392 e. The molecule has 144 valence electrons. The Hall–Kier alpha value is -3.70. The molecular weight excluding hydrogens is 388 g/mol. The van der Waals surface area contributed by atoms with Crippen LogP contribution in [0.4, 0.5) is 17.3 Å². The summed E-state index contributed by atoms with van der Waals surface area (Å²) in [6.45, 7) is 11.4. The molecular formula is C20H17ClN8. The molecule has 4 aromatic rings. The SMILES string of the molecule is [C-]#[N+]c1c(N)ncnc1N[C@@H](C)c1cc2ncc(Cl)n2nc1-c1ccccc1C. The molecule has 0 aliphatic heterocycles. The van der Waals surface area contributed by atoms with Gasteiger partial charge >= 0.3 is 0 Å². The van der Waals surface area contributed by atoms with Gasteiger partial charge in [0.25, 0.3) is 5.69 Å². The minimum atomic E-state index is -0.243. The number of nitrogens with zero attached hydrogens (tertiary/aromatic N) is 6. The number of nitrogen functional groups attached to an aromatic ring is 1. The molecule has 0 amide bonds. The van der Waals surface area contributed by atoms with Crippen molar-refractivity contribution in [2.45, 2.75) is 19.9 Å². The highest BCUT2D eigenvalue weighted by Crippen LogP contribution is 2.34. The van der Waals surface area contributed by atoms with E-state index in [1.54, 1.807) is 10.7 Å². The van der Waals surface area contributed by atoms with Crippen LogP contribution in [0.5, 0.6) is 0 Å². The molecule has 0 saturated carbocycles. The number of anilines is 2. The second-order valence-corrected chi connectivity index (χ2v) is 6.94. The molecule has 9 heteroatoms. The molecule has 0 radical (unpaired) electrons. The summed E-state index contributed by atoms with van der Waals surface area (Å²) in [6, 6.07) is 9.67. The summed E-state index contributed by atoms with van der Waals surface area (Å²) < 4.78 is 1.60. The van der Waals surface area contributed by atoms with Crippen molar-refractivity contribution >= 4 is 34.6 Å². The van der Waals surface area contributed by atoms with Gasteiger partial charge in [-0.2, -0.15) is 5.10 Å². The van der Waals surface area contributed by atoms with E-state index in [9.17, 15) is 0 Å². The van der Waals surface area contributed by atoms with Crippen LogP contribution in [0, 0.1) is 13.5 Å². The number of hydrogen-bond donors (Lipinski definition) is 2. The van der Waals surface area contributed by atoms with Gasteiger partial charge < -0.3 is 11.1 Å². The van der Waals surface area contributed by atoms with Gasteiger partial charge in [-0.25, -0.2) is 24.3 Å². The molecule has 29 heavy (non-hydrogen) atoms. The summed E-state index contributed by atoms with van der Waals surface area (Å²) in [7, 11) is 0. The molecule has 0 fully saturated rings. The quantitative estimate of drug-likeness (QED) is 0.487. The molecule has 3 heterocycles. The molecule has 0 aliphatic carbocycles. The van der Waals surface area contributed by atoms with Crippen LogP contribution in [0.1, 0.15) is 24.1 Å². The molecule has 0 aliphatic rings. The maximum atomic E-state index is 7.37. The average molecular weight is 405 g/mol. The molecule has 3 N–H and O–H groups in total. The number of nitrogens with two attached hydrogens (primary N) is 1. The summed E-state index contributed by atoms with van der Waals surface area (Å²) >= 11 is 6.25. The predicted octanol–water partition coefficient (Wildman–Crippen LogP) is 4.45. The second kappa shape index (κ2) is 7.37. The molecule has 3 aromatic heterocycles. The summed E-state index contributed by atoms with van der Waals surface area (Å²) in [4.78, 5) is 15.8. The van der Waals surface area contributed by atoms with Gasteiger partial charge in [0.1, 0.15) is 18.0 Å². The second-order valence-electron chi connectivity index (χ2n) is 6.55. The van der Waals surface area contributed by atoms with E-state index in [-0.39, 0.29) is 17.5 Å². The first-order chi connectivity index (χ1) is 14.0. The standard InChI is InChI=1S/C20H17ClN8/c1-11-6-4-5-7-13(11)17-14(8-16-24-9-15(21)29(16)28-17)12(2)27-20-18(23-3)19(22)25-10-26-20/h4-10,12H,1-2H3,(H3,22,25,26,27)/t12-/m0/s1. The lowest BCUT2D eigenvalue weighted by atomic mass is 9.98. The summed E-state index contributed by atoms with van der Waals surface area (Å²) in [6.07, 6.45) is 2.90. The van der Waals surface area contributed by atoms with Crippen LogP contribution >= 0.6 is 11.6 Å². The number of rotatable bonds is 4. The number of halogens is 1. The largest absolute Gasteiger partial charge is 0.392 e. The van der Waals surface area contributed by atoms with Crippen molar-refractivity contribution in [3.05, 3.63) is 70.6 Å². The van der Waals surface area contributed by atoms with Gasteiger partial charge in [0, 0.05) is 11.1 Å². The van der Waals surface area contributed by atoms with Crippen molar-refractivity contribution < 1.29 is 0 Å². The van der Waals surface area contributed by atoms with E-state index in [0.29, 0.717) is 16.6 Å². The van der Waals surface area contributed by atoms with Gasteiger partial charge in [0.05, 0.1) is 24.5 Å². The van der Waals surface area contributed by atoms with Crippen molar-refractivity contribution in [2.75, 3.05) is 11.1 Å². The van der Waals surface area contributed by atoms with Crippen LogP contribution in [-0.2, 0) is 0 Å². The third kappa shape index (κ3) is 3.32. The molecule has 8 nitrogen and oxygen atoms in total. The summed E-state index contributed by atoms with van der Waals surface area (Å²) in [5.74, 6) is 0.509. The Labute approximate surface area is 172 Å². The molecule has 0 spiro atoms. The highest BCUT2D eigenvalue weighted by Gasteiger charge is 2.20. The van der Waals surface area contributed by atoms with Crippen LogP contribution in [0.3, 0.4) is 0 Å². The van der Waals surface area contributed by atoms with Gasteiger partial charge in [-0.15, -0.1) is 0 Å². The first-order valence-electron chi connectivity index (χ1n) is 8.84. The molecule has 1 aromatic carbocycles. The number of aryl methyl sites for hydroxylation is 1. The summed E-state index contributed by atoms with van der Waals surface area (Å²) in [5, 5.41) is 8.45. The van der Waals surface area contributed by atoms with E-state index in [1.807, 2.05) is 44.2 Å². The number of nitrogens with one attached hydrogen (secondary N) is 1. The van der Waals surface area contributed by atoms with Crippen LogP contribution in [0.15, 0.2) is 42.9 Å². The molecule has 1 atom stereocenters. The Morgan fingerprint density at radius 2 is 2.03 bits per heavy atom. The van der Waals surface area contributed by atoms with Crippen molar-refractivity contribution in [1.29, 1.82) is 0 Å². The fourth-order valence-electron chi connectivity index (χ4n) is 3.17. The Morgan fingerprint density at radius 3 is 2.79 bits per heavy atom. The fraction of sp³-hybridized carbons (Fsp3) is 0.150. The van der Waals surface area contributed by atoms with E-state index in [1.165, 1.54) is 6.33 Å². The Bertz CT molecular complexity index is 1260. The van der Waals surface area contributed by atoms with Gasteiger partial charge in [-0.3, -0.25) is 0 Å². The van der Waals surface area contributed by atoms with Crippen molar-refractivity contribution in [1.82, 2.24) is 24.6 Å². The number of imidazole rings is 1. The van der Waals surface area contributed by atoms with Crippen LogP contribution in [0.25, 0.3) is 21.7 Å². The maximum absolute atomic E-state index is 7.37. The van der Waals surface area contributed by atoms with Gasteiger partial charge in [0.2, 0.25) is 0 Å². The lowest BCUT2D eigenvalue weighted by molar-refractivity contribution is 0.841. The maximum Gasteiger partial charge on any atom is 0.268 e. The molecule has 0 bridgehead atoms. The zero-order valence-electron chi connectivity index (χ0n) is 15.8. The van der Waals surface area contributed by atoms with Gasteiger partial charge in [0.15, 0.2) is 10.8 Å². The molecule has 0 unspecified atom stereocenters. The average Bonchev–Trinajstić information content (AvgIpc) is 3.08. The van der Waals surface area contributed by atoms with Crippen LogP contribution < -0.4 is 11.1 Å². The van der Waals surface area contributed by atoms with E-state index in [4.69, 9.17) is 29.0 Å². The highest BCUT2D eigenvalue weighted by molar-refractivity contribution is 6.29. The predicted molar refractivity (Wildman–Crippen MR) is 113 cm³/mol. The number of fused-ring (bicyclic) bond motifs is 1. The number of aromatic nitrogens is 5. The third-order valence-electron chi connectivity index (χ3n) is 4.66. The fourth-order valence-corrected chi connectivity index (χ4v) is 3.34. The normalized spacial score (nSPS) is 11.9. The summed E-state index contributed by atoms with van der Waals surface area (Å²) in [5.41, 5.74) is 10.4. The van der Waals surface area contributed by atoms with Crippen molar-refractivity contribution in [3.63, 3.8) is 0 Å². The first kappa shape index (κ1) is 18.7. The number of hydrogen-bond acceptors (Lipinski definition) is 6. The zero-order valence-corrected chi connectivity index (χ0v) is 16.5. The monoisotopic (exact) mass is 404 g/mol.